The first-order valence-corrected chi connectivity index (χ1v) is 8.57. The molecule has 0 aliphatic rings. The Morgan fingerprint density at radius 2 is 2.06 bits per heavy atom. The van der Waals surface area contributed by atoms with Crippen molar-refractivity contribution < 1.29 is 13.5 Å². The molecule has 2 heterocycles. The van der Waals surface area contributed by atoms with Crippen LogP contribution in [0, 0.1) is 0 Å². The van der Waals surface area contributed by atoms with Crippen LogP contribution in [0.25, 0.3) is 0 Å². The Morgan fingerprint density at radius 1 is 1.22 bits per heavy atom. The molecule has 98 valence electrons. The minimum absolute atomic E-state index is 0.182. The molecule has 0 bridgehead atoms. The predicted molar refractivity (Wildman–Crippen MR) is 73.5 cm³/mol. The monoisotopic (exact) mass is 303 g/mol. The fourth-order valence-corrected chi connectivity index (χ4v) is 4.56. The van der Waals surface area contributed by atoms with Crippen molar-refractivity contribution >= 4 is 32.7 Å². The molecule has 0 atom stereocenters. The van der Waals surface area contributed by atoms with E-state index in [1.54, 1.807) is 16.7 Å². The van der Waals surface area contributed by atoms with Gasteiger partial charge in [0.2, 0.25) is 10.0 Å². The van der Waals surface area contributed by atoms with Crippen molar-refractivity contribution in [3.63, 3.8) is 0 Å². The number of thiophene rings is 2. The quantitative estimate of drug-likeness (QED) is 0.855. The number of aliphatic hydroxyl groups is 1. The Labute approximate surface area is 114 Å². The van der Waals surface area contributed by atoms with E-state index < -0.39 is 10.0 Å². The maximum Gasteiger partial charge on any atom is 0.241 e. The molecule has 0 saturated heterocycles. The van der Waals surface area contributed by atoms with Gasteiger partial charge in [0, 0.05) is 16.3 Å². The van der Waals surface area contributed by atoms with E-state index in [0.717, 1.165) is 4.88 Å². The van der Waals surface area contributed by atoms with Crippen LogP contribution in [0.1, 0.15) is 9.75 Å². The van der Waals surface area contributed by atoms with E-state index in [-0.39, 0.29) is 11.5 Å². The zero-order chi connectivity index (χ0) is 13.0. The van der Waals surface area contributed by atoms with Crippen molar-refractivity contribution in [1.82, 2.24) is 4.72 Å². The Bertz CT molecular complexity index is 587. The number of sulfonamides is 1. The van der Waals surface area contributed by atoms with Gasteiger partial charge in [-0.05, 0) is 29.3 Å². The minimum atomic E-state index is -3.51. The summed E-state index contributed by atoms with van der Waals surface area (Å²) in [5.74, 6) is 0. The second-order valence-electron chi connectivity index (χ2n) is 3.59. The van der Waals surface area contributed by atoms with Gasteiger partial charge >= 0.3 is 0 Å². The first-order valence-electron chi connectivity index (χ1n) is 5.33. The molecule has 2 N–H and O–H groups in total. The second-order valence-corrected chi connectivity index (χ2v) is 7.36. The lowest BCUT2D eigenvalue weighted by Crippen LogP contribution is -2.26. The third-order valence-electron chi connectivity index (χ3n) is 2.38. The molecule has 0 aliphatic carbocycles. The van der Waals surface area contributed by atoms with Crippen molar-refractivity contribution in [2.45, 2.75) is 17.9 Å². The Balaban J connectivity index is 1.99. The van der Waals surface area contributed by atoms with Gasteiger partial charge in [0.15, 0.2) is 0 Å². The van der Waals surface area contributed by atoms with Crippen LogP contribution >= 0.6 is 22.7 Å². The fourth-order valence-electron chi connectivity index (χ4n) is 1.52. The van der Waals surface area contributed by atoms with Gasteiger partial charge in [-0.3, -0.25) is 0 Å². The zero-order valence-electron chi connectivity index (χ0n) is 9.50. The Morgan fingerprint density at radius 3 is 2.72 bits per heavy atom. The van der Waals surface area contributed by atoms with E-state index in [1.165, 1.54) is 17.4 Å². The minimum Gasteiger partial charge on any atom is -0.391 e. The van der Waals surface area contributed by atoms with Crippen molar-refractivity contribution in [3.8, 4) is 0 Å². The molecule has 0 saturated carbocycles. The van der Waals surface area contributed by atoms with Gasteiger partial charge in [0.25, 0.3) is 0 Å². The molecule has 0 spiro atoms. The molecule has 0 unspecified atom stereocenters. The van der Waals surface area contributed by atoms with Crippen molar-refractivity contribution in [2.75, 3.05) is 6.54 Å². The third kappa shape index (κ3) is 3.18. The van der Waals surface area contributed by atoms with E-state index in [9.17, 15) is 8.42 Å². The van der Waals surface area contributed by atoms with Crippen molar-refractivity contribution in [2.24, 2.45) is 0 Å². The molecule has 2 aromatic rings. The lowest BCUT2D eigenvalue weighted by atomic mass is 10.3. The summed E-state index contributed by atoms with van der Waals surface area (Å²) in [6.45, 7) is 0.113. The molecule has 2 rings (SSSR count). The molecular weight excluding hydrogens is 290 g/mol. The number of nitrogens with one attached hydrogen (secondary N) is 1. The fraction of sp³-hybridized carbons (Fsp3) is 0.273. The average molecular weight is 303 g/mol. The van der Waals surface area contributed by atoms with E-state index in [1.807, 2.05) is 17.5 Å². The van der Waals surface area contributed by atoms with Gasteiger partial charge in [-0.25, -0.2) is 13.1 Å². The van der Waals surface area contributed by atoms with Crippen molar-refractivity contribution in [1.29, 1.82) is 0 Å². The largest absolute Gasteiger partial charge is 0.391 e. The lowest BCUT2D eigenvalue weighted by molar-refractivity contribution is 0.282. The van der Waals surface area contributed by atoms with Crippen LogP contribution < -0.4 is 4.72 Å². The summed E-state index contributed by atoms with van der Waals surface area (Å²) >= 11 is 2.85. The van der Waals surface area contributed by atoms with E-state index in [4.69, 9.17) is 5.11 Å². The molecule has 0 aromatic carbocycles. The smallest absolute Gasteiger partial charge is 0.241 e. The standard InChI is InChI=1S/C11H13NO3S3/c13-8-10-11(4-7-17-10)18(14,15)12-5-3-9-2-1-6-16-9/h1-2,4,6-7,12-13H,3,5,8H2. The van der Waals surface area contributed by atoms with Crippen LogP contribution in [0.2, 0.25) is 0 Å². The molecule has 0 fully saturated rings. The normalized spacial score (nSPS) is 11.8. The maximum absolute atomic E-state index is 12.0. The molecule has 4 nitrogen and oxygen atoms in total. The highest BCUT2D eigenvalue weighted by molar-refractivity contribution is 7.89. The van der Waals surface area contributed by atoms with Gasteiger partial charge in [0.05, 0.1) is 11.5 Å². The van der Waals surface area contributed by atoms with Crippen LogP contribution in [0.3, 0.4) is 0 Å². The average Bonchev–Trinajstić information content (AvgIpc) is 2.99. The second kappa shape index (κ2) is 5.94. The summed E-state index contributed by atoms with van der Waals surface area (Å²) < 4.78 is 26.5. The highest BCUT2D eigenvalue weighted by Crippen LogP contribution is 2.21. The number of hydrogen-bond acceptors (Lipinski definition) is 5. The first kappa shape index (κ1) is 13.7. The summed E-state index contributed by atoms with van der Waals surface area (Å²) in [6, 6.07) is 5.43. The van der Waals surface area contributed by atoms with Gasteiger partial charge < -0.3 is 5.11 Å². The van der Waals surface area contributed by atoms with Gasteiger partial charge in [-0.2, -0.15) is 0 Å². The summed E-state index contributed by atoms with van der Waals surface area (Å²) in [5.41, 5.74) is 0. The summed E-state index contributed by atoms with van der Waals surface area (Å²) in [5, 5.41) is 12.7. The zero-order valence-corrected chi connectivity index (χ0v) is 11.9. The van der Waals surface area contributed by atoms with Crippen molar-refractivity contribution in [3.05, 3.63) is 38.7 Å². The van der Waals surface area contributed by atoms with Crippen LogP contribution in [0.15, 0.2) is 33.9 Å². The highest BCUT2D eigenvalue weighted by atomic mass is 32.2. The SMILES string of the molecule is O=S(=O)(NCCc1cccs1)c1ccsc1CO. The summed E-state index contributed by atoms with van der Waals surface area (Å²) in [6.07, 6.45) is 0.676. The summed E-state index contributed by atoms with van der Waals surface area (Å²) in [7, 11) is -3.51. The number of hydrogen-bond donors (Lipinski definition) is 2. The van der Waals surface area contributed by atoms with E-state index in [2.05, 4.69) is 4.72 Å². The van der Waals surface area contributed by atoms with Gasteiger partial charge in [0.1, 0.15) is 0 Å². The molecule has 2 aromatic heterocycles. The molecule has 18 heavy (non-hydrogen) atoms. The third-order valence-corrected chi connectivity index (χ3v) is 5.90. The van der Waals surface area contributed by atoms with E-state index in [0.29, 0.717) is 17.8 Å². The molecular formula is C11H13NO3S3. The molecule has 0 aliphatic heterocycles. The van der Waals surface area contributed by atoms with E-state index >= 15 is 0 Å². The highest BCUT2D eigenvalue weighted by Gasteiger charge is 2.18. The maximum atomic E-state index is 12.0. The topological polar surface area (TPSA) is 66.4 Å². The molecule has 7 heteroatoms. The first-order chi connectivity index (χ1) is 8.63. The van der Waals surface area contributed by atoms with Gasteiger partial charge in [-0.1, -0.05) is 6.07 Å². The molecule has 0 radical (unpaired) electrons. The van der Waals surface area contributed by atoms with Crippen LogP contribution in [-0.2, 0) is 23.1 Å². The molecule has 0 amide bonds. The van der Waals surface area contributed by atoms with Crippen LogP contribution in [-0.4, -0.2) is 20.1 Å². The Kier molecular flexibility index (Phi) is 4.52. The number of rotatable bonds is 6. The lowest BCUT2D eigenvalue weighted by Gasteiger charge is -2.05. The number of aliphatic hydroxyl groups excluding tert-OH is 1. The van der Waals surface area contributed by atoms with Gasteiger partial charge in [-0.15, -0.1) is 22.7 Å². The summed E-state index contributed by atoms with van der Waals surface area (Å²) in [4.78, 5) is 1.80. The predicted octanol–water partition coefficient (Wildman–Crippen LogP) is 1.82. The Hall–Kier alpha value is -0.730. The van der Waals surface area contributed by atoms with Crippen LogP contribution in [0.5, 0.6) is 0 Å². The van der Waals surface area contributed by atoms with Crippen LogP contribution in [0.4, 0.5) is 0 Å².